The van der Waals surface area contributed by atoms with E-state index >= 15 is 0 Å². The molecule has 0 amide bonds. The predicted molar refractivity (Wildman–Crippen MR) is 67.2 cm³/mol. The van der Waals surface area contributed by atoms with Crippen LogP contribution in [0.15, 0.2) is 28.9 Å². The van der Waals surface area contributed by atoms with Crippen LogP contribution in [0.25, 0.3) is 10.9 Å². The second kappa shape index (κ2) is 3.71. The number of rotatable bonds is 0. The van der Waals surface area contributed by atoms with Gasteiger partial charge in [0.05, 0.1) is 14.1 Å². The van der Waals surface area contributed by atoms with E-state index in [0.29, 0.717) is 0 Å². The minimum absolute atomic E-state index is 0.770. The first-order chi connectivity index (χ1) is 6.20. The summed E-state index contributed by atoms with van der Waals surface area (Å²) in [6, 6.07) is 5.88. The minimum Gasteiger partial charge on any atom is -0.254 e. The number of nitrogens with zero attached hydrogens (tertiary/aromatic N) is 1. The smallest absolute Gasteiger partial charge is 0.0859 e. The fourth-order valence-corrected chi connectivity index (χ4v) is 2.23. The van der Waals surface area contributed by atoms with Crippen molar-refractivity contribution in [2.24, 2.45) is 0 Å². The van der Waals surface area contributed by atoms with Gasteiger partial charge in [-0.3, -0.25) is 4.98 Å². The standard InChI is InChI=1S/C9H4BrClIN/c10-6-3-1-2-5-8(11)7(12)4-13-9(5)6/h1-4H. The third-order valence-electron chi connectivity index (χ3n) is 1.74. The fraction of sp³-hybridized carbons (Fsp3) is 0. The van der Waals surface area contributed by atoms with Gasteiger partial charge in [0.25, 0.3) is 0 Å². The second-order valence-electron chi connectivity index (χ2n) is 2.56. The zero-order valence-corrected chi connectivity index (χ0v) is 10.9. The number of benzene rings is 1. The number of aromatic nitrogens is 1. The first kappa shape index (κ1) is 9.68. The van der Waals surface area contributed by atoms with E-state index in [1.807, 2.05) is 18.2 Å². The van der Waals surface area contributed by atoms with Gasteiger partial charge in [-0.1, -0.05) is 23.7 Å². The summed E-state index contributed by atoms with van der Waals surface area (Å²) in [5.74, 6) is 0. The third kappa shape index (κ3) is 1.69. The molecule has 4 heteroatoms. The van der Waals surface area contributed by atoms with Crippen LogP contribution in [0, 0.1) is 3.57 Å². The molecule has 0 saturated heterocycles. The lowest BCUT2D eigenvalue weighted by Crippen LogP contribution is -1.84. The topological polar surface area (TPSA) is 12.9 Å². The highest BCUT2D eigenvalue weighted by molar-refractivity contribution is 14.1. The Balaban J connectivity index is 2.94. The van der Waals surface area contributed by atoms with Crippen molar-refractivity contribution in [2.75, 3.05) is 0 Å². The molecule has 66 valence electrons. The monoisotopic (exact) mass is 367 g/mol. The Kier molecular flexibility index (Phi) is 2.76. The molecule has 0 spiro atoms. The Morgan fingerprint density at radius 1 is 1.38 bits per heavy atom. The van der Waals surface area contributed by atoms with Gasteiger partial charge in [-0.25, -0.2) is 0 Å². The molecule has 0 bridgehead atoms. The van der Waals surface area contributed by atoms with Crippen LogP contribution < -0.4 is 0 Å². The summed E-state index contributed by atoms with van der Waals surface area (Å²) in [4.78, 5) is 4.30. The maximum absolute atomic E-state index is 6.13. The summed E-state index contributed by atoms with van der Waals surface area (Å²) < 4.78 is 1.95. The van der Waals surface area contributed by atoms with E-state index < -0.39 is 0 Å². The molecule has 0 fully saturated rings. The number of halogens is 3. The largest absolute Gasteiger partial charge is 0.254 e. The summed E-state index contributed by atoms with van der Waals surface area (Å²) in [5.41, 5.74) is 0.910. The summed E-state index contributed by atoms with van der Waals surface area (Å²) in [6.07, 6.45) is 1.77. The van der Waals surface area contributed by atoms with Gasteiger partial charge in [-0.15, -0.1) is 0 Å². The molecule has 2 aromatic rings. The van der Waals surface area contributed by atoms with Crippen LogP contribution in [-0.2, 0) is 0 Å². The molecule has 0 N–H and O–H groups in total. The summed E-state index contributed by atoms with van der Waals surface area (Å²) in [5, 5.41) is 1.76. The highest BCUT2D eigenvalue weighted by Gasteiger charge is 2.05. The maximum Gasteiger partial charge on any atom is 0.0859 e. The van der Waals surface area contributed by atoms with Crippen molar-refractivity contribution in [1.29, 1.82) is 0 Å². The normalized spacial score (nSPS) is 10.7. The van der Waals surface area contributed by atoms with E-state index in [1.54, 1.807) is 6.20 Å². The molecule has 0 aliphatic carbocycles. The average molecular weight is 368 g/mol. The van der Waals surface area contributed by atoms with Gasteiger partial charge in [0.2, 0.25) is 0 Å². The van der Waals surface area contributed by atoms with Crippen LogP contribution >= 0.6 is 50.1 Å². The first-order valence-electron chi connectivity index (χ1n) is 3.58. The SMILES string of the molecule is Clc1c(I)cnc2c(Br)cccc12. The highest BCUT2D eigenvalue weighted by atomic mass is 127. The lowest BCUT2D eigenvalue weighted by Gasteiger charge is -2.02. The highest BCUT2D eigenvalue weighted by Crippen LogP contribution is 2.30. The number of fused-ring (bicyclic) bond motifs is 1. The molecule has 0 aliphatic heterocycles. The zero-order valence-electron chi connectivity index (χ0n) is 6.39. The van der Waals surface area contributed by atoms with Gasteiger partial charge in [0.15, 0.2) is 0 Å². The van der Waals surface area contributed by atoms with Gasteiger partial charge in [-0.2, -0.15) is 0 Å². The molecule has 0 saturated carbocycles. The predicted octanol–water partition coefficient (Wildman–Crippen LogP) is 4.26. The zero-order chi connectivity index (χ0) is 9.42. The van der Waals surface area contributed by atoms with Crippen LogP contribution in [0.4, 0.5) is 0 Å². The van der Waals surface area contributed by atoms with E-state index in [2.05, 4.69) is 43.5 Å². The number of hydrogen-bond acceptors (Lipinski definition) is 1. The van der Waals surface area contributed by atoms with Crippen molar-refractivity contribution in [3.63, 3.8) is 0 Å². The van der Waals surface area contributed by atoms with Crippen molar-refractivity contribution in [3.05, 3.63) is 37.5 Å². The van der Waals surface area contributed by atoms with Crippen LogP contribution in [0.5, 0.6) is 0 Å². The average Bonchev–Trinajstić information content (AvgIpc) is 2.12. The molecule has 0 radical (unpaired) electrons. The minimum atomic E-state index is 0.770. The van der Waals surface area contributed by atoms with E-state index in [9.17, 15) is 0 Å². The van der Waals surface area contributed by atoms with Crippen LogP contribution in [0.1, 0.15) is 0 Å². The summed E-state index contributed by atoms with van der Waals surface area (Å²) in [7, 11) is 0. The van der Waals surface area contributed by atoms with E-state index in [4.69, 9.17) is 11.6 Å². The van der Waals surface area contributed by atoms with Crippen LogP contribution in [0.2, 0.25) is 5.02 Å². The summed E-state index contributed by atoms with van der Waals surface area (Å²) in [6.45, 7) is 0. The number of para-hydroxylation sites is 1. The van der Waals surface area contributed by atoms with E-state index in [-0.39, 0.29) is 0 Å². The molecule has 1 aromatic carbocycles. The van der Waals surface area contributed by atoms with Crippen molar-refractivity contribution in [2.45, 2.75) is 0 Å². The van der Waals surface area contributed by atoms with Gasteiger partial charge in [0.1, 0.15) is 0 Å². The van der Waals surface area contributed by atoms with Gasteiger partial charge in [-0.05, 0) is 44.6 Å². The maximum atomic E-state index is 6.13. The van der Waals surface area contributed by atoms with Crippen molar-refractivity contribution >= 4 is 61.0 Å². The Bertz CT molecular complexity index is 472. The first-order valence-corrected chi connectivity index (χ1v) is 5.83. The van der Waals surface area contributed by atoms with Gasteiger partial charge in [0, 0.05) is 16.1 Å². The van der Waals surface area contributed by atoms with Gasteiger partial charge >= 0.3 is 0 Å². The quantitative estimate of drug-likeness (QED) is 0.634. The third-order valence-corrected chi connectivity index (χ3v) is 3.92. The molecule has 2 rings (SSSR count). The molecule has 1 heterocycles. The Hall–Kier alpha value is 0.130. The number of pyridine rings is 1. The van der Waals surface area contributed by atoms with Crippen LogP contribution in [0.3, 0.4) is 0 Å². The molecule has 0 atom stereocenters. The Labute approximate surface area is 103 Å². The molecule has 0 aliphatic rings. The Morgan fingerprint density at radius 2 is 2.15 bits per heavy atom. The molecular weight excluding hydrogens is 364 g/mol. The number of hydrogen-bond donors (Lipinski definition) is 0. The second-order valence-corrected chi connectivity index (χ2v) is 4.95. The van der Waals surface area contributed by atoms with E-state index in [1.165, 1.54) is 0 Å². The van der Waals surface area contributed by atoms with Crippen LogP contribution in [-0.4, -0.2) is 4.98 Å². The molecule has 0 unspecified atom stereocenters. The van der Waals surface area contributed by atoms with Crippen molar-refractivity contribution in [1.82, 2.24) is 4.98 Å². The fourth-order valence-electron chi connectivity index (χ4n) is 1.13. The van der Waals surface area contributed by atoms with E-state index in [0.717, 1.165) is 24.0 Å². The summed E-state index contributed by atoms with van der Waals surface area (Å²) >= 11 is 11.7. The van der Waals surface area contributed by atoms with Crippen molar-refractivity contribution in [3.8, 4) is 0 Å². The lowest BCUT2D eigenvalue weighted by molar-refractivity contribution is 1.38. The molecular formula is C9H4BrClIN. The molecule has 1 nitrogen and oxygen atoms in total. The Morgan fingerprint density at radius 3 is 2.92 bits per heavy atom. The molecule has 1 aromatic heterocycles. The van der Waals surface area contributed by atoms with Crippen molar-refractivity contribution < 1.29 is 0 Å². The van der Waals surface area contributed by atoms with Gasteiger partial charge < -0.3 is 0 Å². The lowest BCUT2D eigenvalue weighted by atomic mass is 10.2. The molecule has 13 heavy (non-hydrogen) atoms.